The summed E-state index contributed by atoms with van der Waals surface area (Å²) in [5.41, 5.74) is 2.44. The molecule has 0 atom stereocenters. The first kappa shape index (κ1) is 28.7. The summed E-state index contributed by atoms with van der Waals surface area (Å²) >= 11 is 1.55. The number of benzene rings is 2. The summed E-state index contributed by atoms with van der Waals surface area (Å²) < 4.78 is 18.6. The molecule has 0 unspecified atom stereocenters. The number of aryl methyl sites for hydroxylation is 1. The fourth-order valence-corrected chi connectivity index (χ4v) is 4.61. The number of hydrogen-bond acceptors (Lipinski definition) is 6. The number of amides is 2. The Labute approximate surface area is 225 Å². The van der Waals surface area contributed by atoms with E-state index < -0.39 is 4.92 Å². The van der Waals surface area contributed by atoms with Crippen LogP contribution in [0.2, 0.25) is 0 Å². The number of nitro benzene ring substituents is 1. The van der Waals surface area contributed by atoms with Crippen molar-refractivity contribution in [2.75, 3.05) is 26.8 Å². The number of hydrogen-bond donors (Lipinski definition) is 0. The molecule has 2 aromatic carbocycles. The number of thiophene rings is 1. The molecular formula is C28H30FN3O5S. The molecule has 0 aliphatic rings. The molecule has 0 aliphatic carbocycles. The fraction of sp³-hybridized carbons (Fsp3) is 0.286. The fourth-order valence-electron chi connectivity index (χ4n) is 3.69. The van der Waals surface area contributed by atoms with Crippen LogP contribution < -0.4 is 0 Å². The molecule has 38 heavy (non-hydrogen) atoms. The van der Waals surface area contributed by atoms with Gasteiger partial charge in [-0.1, -0.05) is 12.1 Å². The maximum absolute atomic E-state index is 13.5. The summed E-state index contributed by atoms with van der Waals surface area (Å²) in [6, 6.07) is 13.8. The Morgan fingerprint density at radius 1 is 1.05 bits per heavy atom. The maximum atomic E-state index is 13.5. The molecule has 0 spiro atoms. The van der Waals surface area contributed by atoms with Crippen molar-refractivity contribution in [1.29, 1.82) is 0 Å². The Morgan fingerprint density at radius 2 is 1.76 bits per heavy atom. The van der Waals surface area contributed by atoms with Gasteiger partial charge in [-0.2, -0.15) is 0 Å². The third kappa shape index (κ3) is 8.60. The van der Waals surface area contributed by atoms with E-state index in [9.17, 15) is 24.1 Å². The zero-order valence-corrected chi connectivity index (χ0v) is 22.2. The second kappa shape index (κ2) is 14.2. The molecule has 3 aromatic rings. The lowest BCUT2D eigenvalue weighted by Crippen LogP contribution is -2.42. The van der Waals surface area contributed by atoms with Crippen LogP contribution in [0.5, 0.6) is 0 Å². The van der Waals surface area contributed by atoms with Crippen LogP contribution in [0.4, 0.5) is 10.1 Å². The number of carbonyl (C=O) groups excluding carboxylic acids is 2. The van der Waals surface area contributed by atoms with Gasteiger partial charge in [0.25, 0.3) is 5.69 Å². The molecule has 0 N–H and O–H groups in total. The molecule has 3 rings (SSSR count). The Morgan fingerprint density at radius 3 is 2.37 bits per heavy atom. The summed E-state index contributed by atoms with van der Waals surface area (Å²) in [6.07, 6.45) is 3.46. The van der Waals surface area contributed by atoms with Crippen LogP contribution in [-0.2, 0) is 27.4 Å². The van der Waals surface area contributed by atoms with Gasteiger partial charge in [-0.05, 0) is 71.8 Å². The van der Waals surface area contributed by atoms with Gasteiger partial charge in [0.15, 0.2) is 0 Å². The predicted octanol–water partition coefficient (Wildman–Crippen LogP) is 5.21. The third-order valence-electron chi connectivity index (χ3n) is 5.88. The largest absolute Gasteiger partial charge is 0.385 e. The smallest absolute Gasteiger partial charge is 0.269 e. The van der Waals surface area contributed by atoms with Gasteiger partial charge < -0.3 is 14.5 Å². The zero-order valence-electron chi connectivity index (χ0n) is 21.3. The number of non-ortho nitro benzene ring substituents is 1. The highest BCUT2D eigenvalue weighted by Crippen LogP contribution is 2.20. The van der Waals surface area contributed by atoms with Crippen LogP contribution in [0.3, 0.4) is 0 Å². The first-order valence-electron chi connectivity index (χ1n) is 12.0. The molecule has 0 bridgehead atoms. The highest BCUT2D eigenvalue weighted by atomic mass is 32.1. The maximum Gasteiger partial charge on any atom is 0.269 e. The van der Waals surface area contributed by atoms with Gasteiger partial charge >= 0.3 is 0 Å². The van der Waals surface area contributed by atoms with E-state index in [4.69, 9.17) is 4.74 Å². The van der Waals surface area contributed by atoms with Crippen molar-refractivity contribution in [2.45, 2.75) is 26.4 Å². The van der Waals surface area contributed by atoms with Crippen LogP contribution in [0.1, 0.15) is 28.0 Å². The minimum Gasteiger partial charge on any atom is -0.385 e. The van der Waals surface area contributed by atoms with Gasteiger partial charge in [0.2, 0.25) is 11.8 Å². The Kier molecular flexibility index (Phi) is 10.7. The average molecular weight is 540 g/mol. The number of rotatable bonds is 13. The summed E-state index contributed by atoms with van der Waals surface area (Å²) in [7, 11) is 1.57. The number of halogens is 1. The third-order valence-corrected chi connectivity index (χ3v) is 6.89. The number of nitrogens with zero attached hydrogens (tertiary/aromatic N) is 3. The topological polar surface area (TPSA) is 93.0 Å². The highest BCUT2D eigenvalue weighted by Gasteiger charge is 2.21. The summed E-state index contributed by atoms with van der Waals surface area (Å²) in [4.78, 5) is 41.2. The lowest BCUT2D eigenvalue weighted by Gasteiger charge is -2.27. The van der Waals surface area contributed by atoms with Gasteiger partial charge in [0.1, 0.15) is 12.4 Å². The summed E-state index contributed by atoms with van der Waals surface area (Å²) in [5.74, 6) is -0.950. The average Bonchev–Trinajstić information content (AvgIpc) is 3.31. The molecule has 8 nitrogen and oxygen atoms in total. The van der Waals surface area contributed by atoms with Gasteiger partial charge in [-0.25, -0.2) is 4.39 Å². The van der Waals surface area contributed by atoms with E-state index >= 15 is 0 Å². The number of methoxy groups -OCH3 is 1. The van der Waals surface area contributed by atoms with Crippen molar-refractivity contribution in [1.82, 2.24) is 9.80 Å². The van der Waals surface area contributed by atoms with Crippen molar-refractivity contribution in [3.05, 3.63) is 104 Å². The summed E-state index contributed by atoms with van der Waals surface area (Å²) in [6.45, 7) is 3.23. The Hall–Kier alpha value is -3.89. The molecule has 0 fully saturated rings. The minimum absolute atomic E-state index is 0.0394. The highest BCUT2D eigenvalue weighted by molar-refractivity contribution is 7.10. The number of ether oxygens (including phenoxy) is 1. The molecular weight excluding hydrogens is 509 g/mol. The van der Waals surface area contributed by atoms with Crippen molar-refractivity contribution in [2.24, 2.45) is 0 Å². The lowest BCUT2D eigenvalue weighted by molar-refractivity contribution is -0.384. The minimum atomic E-state index is -0.489. The van der Waals surface area contributed by atoms with Crippen molar-refractivity contribution in [3.63, 3.8) is 0 Å². The molecule has 200 valence electrons. The molecule has 0 saturated heterocycles. The molecule has 1 aromatic heterocycles. The van der Waals surface area contributed by atoms with E-state index in [0.29, 0.717) is 31.7 Å². The van der Waals surface area contributed by atoms with E-state index in [1.165, 1.54) is 35.2 Å². The van der Waals surface area contributed by atoms with Crippen LogP contribution in [0, 0.1) is 22.9 Å². The molecule has 0 aliphatic heterocycles. The first-order chi connectivity index (χ1) is 18.3. The normalized spacial score (nSPS) is 11.0. The quantitative estimate of drug-likeness (QED) is 0.129. The van der Waals surface area contributed by atoms with E-state index in [-0.39, 0.29) is 36.4 Å². The Bertz CT molecular complexity index is 1260. The molecule has 10 heteroatoms. The Balaban J connectivity index is 1.77. The molecule has 2 amide bonds. The zero-order chi connectivity index (χ0) is 27.5. The molecule has 0 radical (unpaired) electrons. The predicted molar refractivity (Wildman–Crippen MR) is 145 cm³/mol. The standard InChI is InChI=1S/C28H30FN3O5S/c1-21-14-17-38-26(21)19-31(18-23-4-9-24(29)10-5-23)28(34)20-30(15-3-16-37-2)27(33)13-8-22-6-11-25(12-7-22)32(35)36/h4-14,17H,3,15-16,18-20H2,1-2H3. The van der Waals surface area contributed by atoms with Crippen LogP contribution >= 0.6 is 11.3 Å². The van der Waals surface area contributed by atoms with E-state index in [2.05, 4.69) is 0 Å². The summed E-state index contributed by atoms with van der Waals surface area (Å²) in [5, 5.41) is 12.8. The van der Waals surface area contributed by atoms with Crippen molar-refractivity contribution in [3.8, 4) is 0 Å². The van der Waals surface area contributed by atoms with E-state index in [1.54, 1.807) is 53.7 Å². The van der Waals surface area contributed by atoms with Crippen molar-refractivity contribution >= 4 is 34.9 Å². The second-order valence-corrected chi connectivity index (χ2v) is 9.69. The SMILES string of the molecule is COCCCN(CC(=O)N(Cc1ccc(F)cc1)Cc1sccc1C)C(=O)C=Cc1ccc([N+](=O)[O-])cc1. The van der Waals surface area contributed by atoms with Crippen molar-refractivity contribution < 1.29 is 23.6 Å². The van der Waals surface area contributed by atoms with Gasteiger partial charge in [0.05, 0.1) is 11.5 Å². The molecule has 1 heterocycles. The van der Waals surface area contributed by atoms with Gasteiger partial charge in [-0.3, -0.25) is 19.7 Å². The number of carbonyl (C=O) groups is 2. The van der Waals surface area contributed by atoms with Gasteiger partial charge in [0, 0.05) is 49.9 Å². The van der Waals surface area contributed by atoms with Gasteiger partial charge in [-0.15, -0.1) is 11.3 Å². The monoisotopic (exact) mass is 539 g/mol. The van der Waals surface area contributed by atoms with Crippen LogP contribution in [-0.4, -0.2) is 53.3 Å². The van der Waals surface area contributed by atoms with Crippen LogP contribution in [0.15, 0.2) is 66.1 Å². The van der Waals surface area contributed by atoms with E-state index in [1.807, 2.05) is 18.4 Å². The first-order valence-corrected chi connectivity index (χ1v) is 12.9. The second-order valence-electron chi connectivity index (χ2n) is 8.69. The van der Waals surface area contributed by atoms with Crippen LogP contribution in [0.25, 0.3) is 6.08 Å². The number of nitro groups is 1. The van der Waals surface area contributed by atoms with E-state index in [0.717, 1.165) is 16.0 Å². The molecule has 0 saturated carbocycles. The lowest BCUT2D eigenvalue weighted by atomic mass is 10.2.